The average Bonchev–Trinajstić information content (AvgIpc) is 3.09. The fraction of sp³-hybridized carbons (Fsp3) is 0.286. The molecule has 1 aliphatic rings. The lowest BCUT2D eigenvalue weighted by molar-refractivity contribution is 0.188. The van der Waals surface area contributed by atoms with E-state index in [0.29, 0.717) is 6.54 Å². The first-order chi connectivity index (χ1) is 7.81. The van der Waals surface area contributed by atoms with Crippen LogP contribution in [0.4, 0.5) is 0 Å². The molecule has 0 atom stereocenters. The molecule has 2 N–H and O–H groups in total. The minimum Gasteiger partial charge on any atom is -0.486 e. The van der Waals surface area contributed by atoms with E-state index in [1.54, 1.807) is 0 Å². The van der Waals surface area contributed by atoms with Crippen LogP contribution < -0.4 is 10.5 Å². The molecule has 0 aromatic heterocycles. The van der Waals surface area contributed by atoms with Crippen LogP contribution in [0, 0.1) is 0 Å². The Hall–Kier alpha value is -1.54. The van der Waals surface area contributed by atoms with E-state index in [4.69, 9.17) is 10.5 Å². The van der Waals surface area contributed by atoms with Crippen molar-refractivity contribution in [2.24, 2.45) is 5.73 Å². The standard InChI is InChI=1S/C14H15NO/c15-10-14(7-8-14)16-13-6-5-11-3-1-2-4-12(11)9-13/h1-6,9H,7-8,10,15H2. The second-order valence-corrected chi connectivity index (χ2v) is 4.50. The van der Waals surface area contributed by atoms with Crippen molar-refractivity contribution in [2.45, 2.75) is 18.4 Å². The molecule has 2 heteroatoms. The molecule has 0 spiro atoms. The van der Waals surface area contributed by atoms with Gasteiger partial charge in [-0.1, -0.05) is 30.3 Å². The molecule has 1 aliphatic carbocycles. The lowest BCUT2D eigenvalue weighted by Crippen LogP contribution is -2.28. The van der Waals surface area contributed by atoms with Gasteiger partial charge in [0.25, 0.3) is 0 Å². The van der Waals surface area contributed by atoms with E-state index in [2.05, 4.69) is 24.3 Å². The number of hydrogen-bond donors (Lipinski definition) is 1. The topological polar surface area (TPSA) is 35.2 Å². The van der Waals surface area contributed by atoms with Gasteiger partial charge in [-0.15, -0.1) is 0 Å². The molecule has 1 fully saturated rings. The van der Waals surface area contributed by atoms with Gasteiger partial charge in [0.15, 0.2) is 0 Å². The van der Waals surface area contributed by atoms with Gasteiger partial charge in [-0.3, -0.25) is 0 Å². The summed E-state index contributed by atoms with van der Waals surface area (Å²) in [6.07, 6.45) is 2.16. The second kappa shape index (κ2) is 3.49. The fourth-order valence-electron chi connectivity index (χ4n) is 1.97. The minimum atomic E-state index is -0.0670. The predicted molar refractivity (Wildman–Crippen MR) is 65.6 cm³/mol. The number of fused-ring (bicyclic) bond motifs is 1. The van der Waals surface area contributed by atoms with Crippen LogP contribution >= 0.6 is 0 Å². The molecule has 1 saturated carbocycles. The molecule has 0 aliphatic heterocycles. The maximum absolute atomic E-state index is 5.95. The number of benzene rings is 2. The monoisotopic (exact) mass is 213 g/mol. The van der Waals surface area contributed by atoms with Crippen molar-refractivity contribution in [3.05, 3.63) is 42.5 Å². The summed E-state index contributed by atoms with van der Waals surface area (Å²) in [5.74, 6) is 0.932. The lowest BCUT2D eigenvalue weighted by Gasteiger charge is -2.16. The van der Waals surface area contributed by atoms with Gasteiger partial charge in [-0.25, -0.2) is 0 Å². The third-order valence-electron chi connectivity index (χ3n) is 3.23. The Labute approximate surface area is 95.0 Å². The van der Waals surface area contributed by atoms with Gasteiger partial charge < -0.3 is 10.5 Å². The highest BCUT2D eigenvalue weighted by molar-refractivity contribution is 5.83. The maximum atomic E-state index is 5.95. The van der Waals surface area contributed by atoms with E-state index in [-0.39, 0.29) is 5.60 Å². The predicted octanol–water partition coefficient (Wildman–Crippen LogP) is 2.71. The first-order valence-electron chi connectivity index (χ1n) is 5.69. The Kier molecular flexibility index (Phi) is 2.11. The highest BCUT2D eigenvalue weighted by atomic mass is 16.5. The smallest absolute Gasteiger partial charge is 0.121 e. The van der Waals surface area contributed by atoms with Crippen molar-refractivity contribution in [1.82, 2.24) is 0 Å². The molecule has 0 heterocycles. The number of ether oxygens (including phenoxy) is 1. The van der Waals surface area contributed by atoms with Crippen molar-refractivity contribution in [2.75, 3.05) is 6.54 Å². The summed E-state index contributed by atoms with van der Waals surface area (Å²) < 4.78 is 5.95. The second-order valence-electron chi connectivity index (χ2n) is 4.50. The van der Waals surface area contributed by atoms with Crippen molar-refractivity contribution in [1.29, 1.82) is 0 Å². The molecular weight excluding hydrogens is 198 g/mol. The van der Waals surface area contributed by atoms with Crippen LogP contribution in [-0.4, -0.2) is 12.1 Å². The van der Waals surface area contributed by atoms with Gasteiger partial charge in [0.2, 0.25) is 0 Å². The van der Waals surface area contributed by atoms with Gasteiger partial charge in [0, 0.05) is 6.54 Å². The number of hydrogen-bond acceptors (Lipinski definition) is 2. The fourth-order valence-corrected chi connectivity index (χ4v) is 1.97. The summed E-state index contributed by atoms with van der Waals surface area (Å²) >= 11 is 0. The van der Waals surface area contributed by atoms with Crippen molar-refractivity contribution in [3.63, 3.8) is 0 Å². The Morgan fingerprint density at radius 2 is 1.81 bits per heavy atom. The molecule has 0 bridgehead atoms. The lowest BCUT2D eigenvalue weighted by atomic mass is 10.1. The summed E-state index contributed by atoms with van der Waals surface area (Å²) in [4.78, 5) is 0. The zero-order valence-electron chi connectivity index (χ0n) is 9.15. The van der Waals surface area contributed by atoms with Crippen LogP contribution in [-0.2, 0) is 0 Å². The SMILES string of the molecule is NCC1(Oc2ccc3ccccc3c2)CC1. The highest BCUT2D eigenvalue weighted by Gasteiger charge is 2.44. The molecule has 2 aromatic rings. The van der Waals surface area contributed by atoms with E-state index in [1.165, 1.54) is 10.8 Å². The molecule has 0 radical (unpaired) electrons. The number of rotatable bonds is 3. The van der Waals surface area contributed by atoms with Crippen molar-refractivity contribution < 1.29 is 4.74 Å². The normalized spacial score (nSPS) is 17.3. The van der Waals surface area contributed by atoms with Gasteiger partial charge in [-0.05, 0) is 35.7 Å². The molecule has 3 rings (SSSR count). The van der Waals surface area contributed by atoms with Gasteiger partial charge in [-0.2, -0.15) is 0 Å². The molecule has 82 valence electrons. The van der Waals surface area contributed by atoms with Gasteiger partial charge >= 0.3 is 0 Å². The molecule has 0 saturated heterocycles. The molecule has 0 unspecified atom stereocenters. The first kappa shape index (κ1) is 9.67. The van der Waals surface area contributed by atoms with Crippen LogP contribution in [0.1, 0.15) is 12.8 Å². The summed E-state index contributed by atoms with van der Waals surface area (Å²) in [6.45, 7) is 0.611. The van der Waals surface area contributed by atoms with Crippen molar-refractivity contribution >= 4 is 10.8 Å². The van der Waals surface area contributed by atoms with Crippen LogP contribution in [0.5, 0.6) is 5.75 Å². The van der Waals surface area contributed by atoms with Crippen LogP contribution in [0.3, 0.4) is 0 Å². The number of nitrogens with two attached hydrogens (primary N) is 1. The van der Waals surface area contributed by atoms with E-state index in [9.17, 15) is 0 Å². The van der Waals surface area contributed by atoms with Gasteiger partial charge in [0.1, 0.15) is 11.4 Å². The molecule has 2 aromatic carbocycles. The van der Waals surface area contributed by atoms with E-state index in [0.717, 1.165) is 18.6 Å². The van der Waals surface area contributed by atoms with E-state index < -0.39 is 0 Å². The summed E-state index contributed by atoms with van der Waals surface area (Å²) in [5, 5.41) is 2.46. The minimum absolute atomic E-state index is 0.0670. The third kappa shape index (κ3) is 1.65. The first-order valence-corrected chi connectivity index (χ1v) is 5.69. The maximum Gasteiger partial charge on any atom is 0.121 e. The Morgan fingerprint density at radius 1 is 1.06 bits per heavy atom. The third-order valence-corrected chi connectivity index (χ3v) is 3.23. The summed E-state index contributed by atoms with van der Waals surface area (Å²) in [7, 11) is 0. The van der Waals surface area contributed by atoms with E-state index >= 15 is 0 Å². The Bertz CT molecular complexity index is 517. The van der Waals surface area contributed by atoms with Crippen LogP contribution in [0.2, 0.25) is 0 Å². The van der Waals surface area contributed by atoms with E-state index in [1.807, 2.05) is 18.2 Å². The largest absolute Gasteiger partial charge is 0.486 e. The van der Waals surface area contributed by atoms with Crippen LogP contribution in [0.25, 0.3) is 10.8 Å². The summed E-state index contributed by atoms with van der Waals surface area (Å²) in [5.41, 5.74) is 5.64. The quantitative estimate of drug-likeness (QED) is 0.850. The molecule has 2 nitrogen and oxygen atoms in total. The van der Waals surface area contributed by atoms with Crippen LogP contribution in [0.15, 0.2) is 42.5 Å². The zero-order valence-corrected chi connectivity index (χ0v) is 9.15. The molecule has 0 amide bonds. The summed E-state index contributed by atoms with van der Waals surface area (Å²) in [6, 6.07) is 14.5. The zero-order chi connectivity index (χ0) is 11.0. The molecule has 16 heavy (non-hydrogen) atoms. The Balaban J connectivity index is 1.93. The van der Waals surface area contributed by atoms with Gasteiger partial charge in [0.05, 0.1) is 0 Å². The average molecular weight is 213 g/mol. The Morgan fingerprint density at radius 3 is 2.50 bits per heavy atom. The molecular formula is C14H15NO. The highest BCUT2D eigenvalue weighted by Crippen LogP contribution is 2.39. The van der Waals surface area contributed by atoms with Crippen molar-refractivity contribution in [3.8, 4) is 5.75 Å².